The quantitative estimate of drug-likeness (QED) is 0.535. The molecule has 0 amide bonds. The number of rotatable bonds is 6. The number of aliphatic imine (C=N–C) groups is 1. The van der Waals surface area contributed by atoms with Crippen molar-refractivity contribution in [2.24, 2.45) is 4.99 Å². The molecule has 0 aliphatic carbocycles. The Balaban J connectivity index is 1.48. The zero-order chi connectivity index (χ0) is 18.4. The molecule has 11 heteroatoms. The van der Waals surface area contributed by atoms with Gasteiger partial charge in [0.1, 0.15) is 12.0 Å². The van der Waals surface area contributed by atoms with E-state index in [1.807, 2.05) is 10.8 Å². The molecule has 3 heterocycles. The van der Waals surface area contributed by atoms with Crippen molar-refractivity contribution >= 4 is 16.0 Å². The van der Waals surface area contributed by atoms with Crippen molar-refractivity contribution in [2.45, 2.75) is 12.3 Å². The van der Waals surface area contributed by atoms with Gasteiger partial charge in [-0.15, -0.1) is 0 Å². The maximum Gasteiger partial charge on any atom is 0.220 e. The minimum absolute atomic E-state index is 0.138. The van der Waals surface area contributed by atoms with Crippen LogP contribution in [0.5, 0.6) is 0 Å². The molecule has 1 N–H and O–H groups in total. The average Bonchev–Trinajstić information content (AvgIpc) is 3.33. The van der Waals surface area contributed by atoms with Gasteiger partial charge in [0.25, 0.3) is 0 Å². The number of imidazole rings is 1. The average molecular weight is 381 g/mol. The molecule has 0 radical (unpaired) electrons. The molecule has 1 saturated heterocycles. The molecule has 0 bridgehead atoms. The van der Waals surface area contributed by atoms with Gasteiger partial charge in [-0.25, -0.2) is 13.4 Å². The number of sulfonamides is 1. The molecule has 0 unspecified atom stereocenters. The van der Waals surface area contributed by atoms with Crippen molar-refractivity contribution in [1.82, 2.24) is 29.2 Å². The molecular weight excluding hydrogens is 358 g/mol. The second kappa shape index (κ2) is 8.32. The molecule has 10 nitrogen and oxygen atoms in total. The summed E-state index contributed by atoms with van der Waals surface area (Å²) in [6, 6.07) is 1.57. The number of nitrogens with zero attached hydrogens (tertiary/aromatic N) is 6. The maximum absolute atomic E-state index is 12.5. The van der Waals surface area contributed by atoms with Crippen molar-refractivity contribution in [3.05, 3.63) is 36.7 Å². The molecular formula is C15H23N7O3S. The van der Waals surface area contributed by atoms with Crippen molar-refractivity contribution in [3.63, 3.8) is 0 Å². The maximum atomic E-state index is 12.5. The van der Waals surface area contributed by atoms with Crippen LogP contribution in [0.25, 0.3) is 0 Å². The fourth-order valence-corrected chi connectivity index (χ4v) is 4.24. The summed E-state index contributed by atoms with van der Waals surface area (Å²) in [6.07, 6.45) is 6.79. The highest BCUT2D eigenvalue weighted by Gasteiger charge is 2.28. The second-order valence-electron chi connectivity index (χ2n) is 5.91. The molecule has 3 rings (SSSR count). The van der Waals surface area contributed by atoms with E-state index in [2.05, 4.69) is 25.3 Å². The van der Waals surface area contributed by atoms with E-state index in [0.717, 1.165) is 12.5 Å². The van der Waals surface area contributed by atoms with Crippen molar-refractivity contribution in [2.75, 3.05) is 39.8 Å². The van der Waals surface area contributed by atoms with E-state index in [1.165, 1.54) is 10.6 Å². The zero-order valence-electron chi connectivity index (χ0n) is 14.7. The molecule has 2 aromatic rings. The number of nitrogens with one attached hydrogen (secondary N) is 1. The van der Waals surface area contributed by atoms with Crippen LogP contribution in [0.15, 0.2) is 40.6 Å². The second-order valence-corrected chi connectivity index (χ2v) is 7.88. The van der Waals surface area contributed by atoms with Crippen LogP contribution in [0.1, 0.15) is 5.69 Å². The Morgan fingerprint density at radius 2 is 2.15 bits per heavy atom. The van der Waals surface area contributed by atoms with Crippen LogP contribution in [0, 0.1) is 0 Å². The molecule has 26 heavy (non-hydrogen) atoms. The molecule has 142 valence electrons. The van der Waals surface area contributed by atoms with Crippen LogP contribution < -0.4 is 5.32 Å². The van der Waals surface area contributed by atoms with Crippen LogP contribution in [0.3, 0.4) is 0 Å². The molecule has 2 aromatic heterocycles. The molecule has 0 aromatic carbocycles. The monoisotopic (exact) mass is 381 g/mol. The predicted molar refractivity (Wildman–Crippen MR) is 95.9 cm³/mol. The van der Waals surface area contributed by atoms with Gasteiger partial charge < -0.3 is 19.3 Å². The van der Waals surface area contributed by atoms with Crippen molar-refractivity contribution < 1.29 is 12.9 Å². The molecule has 0 spiro atoms. The van der Waals surface area contributed by atoms with Gasteiger partial charge in [-0.2, -0.15) is 4.31 Å². The standard InChI is InChI=1S/C15H23N7O3S/c1-16-15(18-4-6-20-5-3-17-13-20)21-7-9-22(10-8-21)26(23,24)12-14-2-11-25-19-14/h2-3,5,11,13H,4,6-10,12H2,1H3,(H,16,18). The van der Waals surface area contributed by atoms with E-state index in [4.69, 9.17) is 4.52 Å². The lowest BCUT2D eigenvalue weighted by atomic mass is 10.4. The van der Waals surface area contributed by atoms with E-state index < -0.39 is 10.0 Å². The third kappa shape index (κ3) is 4.61. The van der Waals surface area contributed by atoms with Crippen LogP contribution in [-0.4, -0.2) is 78.1 Å². The fourth-order valence-electron chi connectivity index (χ4n) is 2.82. The van der Waals surface area contributed by atoms with Gasteiger partial charge in [-0.3, -0.25) is 4.99 Å². The Morgan fingerprint density at radius 1 is 1.35 bits per heavy atom. The lowest BCUT2D eigenvalue weighted by Crippen LogP contribution is -2.54. The summed E-state index contributed by atoms with van der Waals surface area (Å²) in [6.45, 7) is 3.51. The number of guanidine groups is 1. The molecule has 0 atom stereocenters. The van der Waals surface area contributed by atoms with Gasteiger partial charge in [0, 0.05) is 64.8 Å². The number of hydrogen-bond donors (Lipinski definition) is 1. The normalized spacial score (nSPS) is 16.8. The lowest BCUT2D eigenvalue weighted by Gasteiger charge is -2.35. The highest BCUT2D eigenvalue weighted by Crippen LogP contribution is 2.12. The van der Waals surface area contributed by atoms with Crippen LogP contribution in [0.4, 0.5) is 0 Å². The number of hydrogen-bond acceptors (Lipinski definition) is 6. The van der Waals surface area contributed by atoms with Gasteiger partial charge in [0.05, 0.1) is 12.0 Å². The minimum Gasteiger partial charge on any atom is -0.364 e. The van der Waals surface area contributed by atoms with E-state index >= 15 is 0 Å². The van der Waals surface area contributed by atoms with Crippen molar-refractivity contribution in [3.8, 4) is 0 Å². The van der Waals surface area contributed by atoms with Gasteiger partial charge in [0.15, 0.2) is 5.96 Å². The first-order valence-electron chi connectivity index (χ1n) is 8.37. The topological polar surface area (TPSA) is 109 Å². The van der Waals surface area contributed by atoms with Gasteiger partial charge >= 0.3 is 0 Å². The summed E-state index contributed by atoms with van der Waals surface area (Å²) in [7, 11) is -1.67. The summed E-state index contributed by atoms with van der Waals surface area (Å²) in [5.41, 5.74) is 0.421. The zero-order valence-corrected chi connectivity index (χ0v) is 15.5. The molecule has 1 fully saturated rings. The Kier molecular flexibility index (Phi) is 5.89. The summed E-state index contributed by atoms with van der Waals surface area (Å²) < 4.78 is 33.1. The SMILES string of the molecule is CN=C(NCCn1ccnc1)N1CCN(S(=O)(=O)Cc2ccon2)CC1. The van der Waals surface area contributed by atoms with Gasteiger partial charge in [0.2, 0.25) is 10.0 Å². The number of piperazine rings is 1. The third-order valence-corrected chi connectivity index (χ3v) is 5.99. The first kappa shape index (κ1) is 18.4. The largest absolute Gasteiger partial charge is 0.364 e. The first-order valence-corrected chi connectivity index (χ1v) is 9.98. The summed E-state index contributed by atoms with van der Waals surface area (Å²) in [5.74, 6) is 0.639. The summed E-state index contributed by atoms with van der Waals surface area (Å²) >= 11 is 0. The molecule has 0 saturated carbocycles. The van der Waals surface area contributed by atoms with Gasteiger partial charge in [-0.05, 0) is 0 Å². The smallest absolute Gasteiger partial charge is 0.220 e. The van der Waals surface area contributed by atoms with E-state index in [0.29, 0.717) is 38.4 Å². The van der Waals surface area contributed by atoms with E-state index in [1.54, 1.807) is 25.6 Å². The van der Waals surface area contributed by atoms with Crippen LogP contribution in [0.2, 0.25) is 0 Å². The Labute approximate surface area is 152 Å². The first-order chi connectivity index (χ1) is 12.6. The van der Waals surface area contributed by atoms with E-state index in [-0.39, 0.29) is 5.75 Å². The number of aromatic nitrogens is 3. The minimum atomic E-state index is -3.40. The predicted octanol–water partition coefficient (Wildman–Crippen LogP) is -0.406. The molecule has 1 aliphatic heterocycles. The highest BCUT2D eigenvalue weighted by atomic mass is 32.2. The summed E-state index contributed by atoms with van der Waals surface area (Å²) in [4.78, 5) is 10.4. The summed E-state index contributed by atoms with van der Waals surface area (Å²) in [5, 5.41) is 6.99. The third-order valence-electron chi connectivity index (χ3n) is 4.18. The fraction of sp³-hybridized carbons (Fsp3) is 0.533. The Bertz CT molecular complexity index is 794. The van der Waals surface area contributed by atoms with E-state index in [9.17, 15) is 8.42 Å². The Hall–Kier alpha value is -2.40. The highest BCUT2D eigenvalue weighted by molar-refractivity contribution is 7.88. The van der Waals surface area contributed by atoms with Crippen LogP contribution in [-0.2, 0) is 22.3 Å². The Morgan fingerprint density at radius 3 is 2.77 bits per heavy atom. The van der Waals surface area contributed by atoms with Gasteiger partial charge in [-0.1, -0.05) is 5.16 Å². The van der Waals surface area contributed by atoms with Crippen molar-refractivity contribution in [1.29, 1.82) is 0 Å². The van der Waals surface area contributed by atoms with Crippen LogP contribution >= 0.6 is 0 Å². The lowest BCUT2D eigenvalue weighted by molar-refractivity contribution is 0.259. The molecule has 1 aliphatic rings.